The number of benzene rings is 4. The Kier molecular flexibility index (Phi) is 83.3. The molecule has 0 saturated heterocycles. The van der Waals surface area contributed by atoms with Crippen LogP contribution in [0.15, 0.2) is 54.6 Å². The van der Waals surface area contributed by atoms with Crippen LogP contribution in [-0.4, -0.2) is 60.9 Å². The fourth-order valence-electron chi connectivity index (χ4n) is 18.6. The second-order valence-electron chi connectivity index (χ2n) is 42.7. The molecular formula is C131H218O8Si. The van der Waals surface area contributed by atoms with Crippen molar-refractivity contribution in [2.75, 3.05) is 52.9 Å². The molecule has 0 N–H and O–H groups in total. The van der Waals surface area contributed by atoms with Crippen molar-refractivity contribution in [3.63, 3.8) is 0 Å². The van der Waals surface area contributed by atoms with E-state index >= 15 is 0 Å². The van der Waals surface area contributed by atoms with Crippen LogP contribution in [0.2, 0.25) is 19.6 Å². The molecule has 0 aliphatic carbocycles. The van der Waals surface area contributed by atoms with Crippen molar-refractivity contribution in [2.24, 2.45) is 0 Å². The normalized spacial score (nSPS) is 11.2. The third kappa shape index (κ3) is 69.7. The Hall–Kier alpha value is -6.26. The van der Waals surface area contributed by atoms with Crippen LogP contribution in [0.5, 0.6) is 46.0 Å². The quantitative estimate of drug-likeness (QED) is 0.0246. The van der Waals surface area contributed by atoms with Crippen molar-refractivity contribution in [3.05, 3.63) is 93.5 Å². The van der Waals surface area contributed by atoms with Crippen molar-refractivity contribution in [2.45, 2.75) is 589 Å². The standard InChI is InChI=1S/C131H218O8Si/c1-12-20-28-36-44-52-60-68-76-84-101-132-124-98-99-125(133-102-85-77-69-61-53-45-37-29-21-13-2)117(110-124)92-93-118-111-127(135-104-87-79-71-63-55-47-39-31-23-15-4)119(112-126(118)134-103-86-78-70-62-54-46-38-30-22-14-3)94-95-120-113-129(137-106-89-81-73-65-57-49-41-33-25-17-6)121(114-128(120)136-105-88-80-72-64-56-48-40-32-24-16-5)96-97-122-115-131(139-108-91-83-75-67-59-51-43-35-27-19-8)123(100-109-140(9,10)11)116-130(122)138-107-90-82-74-66-58-50-42-34-26-18-7/h98-99,110-116H,12-91,101-108H2,1-11H3. The van der Waals surface area contributed by atoms with Gasteiger partial charge in [-0.1, -0.05) is 579 Å². The highest BCUT2D eigenvalue weighted by Gasteiger charge is 2.19. The molecule has 0 aromatic heterocycles. The van der Waals surface area contributed by atoms with Gasteiger partial charge in [-0.3, -0.25) is 0 Å². The molecule has 4 rings (SSSR count). The number of hydrogen-bond donors (Lipinski definition) is 0. The minimum atomic E-state index is -1.79. The summed E-state index contributed by atoms with van der Waals surface area (Å²) in [6.07, 6.45) is 101. The summed E-state index contributed by atoms with van der Waals surface area (Å²) in [5, 5.41) is 0. The summed E-state index contributed by atoms with van der Waals surface area (Å²) in [5.74, 6) is 32.2. The SMILES string of the molecule is CCCCCCCCCCCCOc1ccc(OCCCCCCCCCCCC)c(C#Cc2cc(OCCCCCCCCCCCC)c(C#Cc3cc(OCCCCCCCCCCCC)c(C#Cc4cc(OCCCCCCCCCCCC)c(C#C[Si](C)(C)C)cc4OCCCCCCCCCCCC)cc3OCCCCCCCCCCCC)cc2OCCCCCCCCCCCC)c1. The lowest BCUT2D eigenvalue weighted by Gasteiger charge is -2.15. The van der Waals surface area contributed by atoms with Crippen molar-refractivity contribution in [1.29, 1.82) is 0 Å². The maximum absolute atomic E-state index is 7.18. The zero-order chi connectivity index (χ0) is 100. The molecule has 0 bridgehead atoms. The number of rotatable bonds is 96. The van der Waals surface area contributed by atoms with Crippen LogP contribution < -0.4 is 37.9 Å². The van der Waals surface area contributed by atoms with Gasteiger partial charge in [0, 0.05) is 36.4 Å². The predicted octanol–water partition coefficient (Wildman–Crippen LogP) is 41.5. The molecule has 794 valence electrons. The Morgan fingerprint density at radius 1 is 0.150 bits per heavy atom. The van der Waals surface area contributed by atoms with E-state index in [1.807, 2.05) is 0 Å². The van der Waals surface area contributed by atoms with E-state index in [4.69, 9.17) is 37.9 Å². The summed E-state index contributed by atoms with van der Waals surface area (Å²) in [6, 6.07) is 19.1. The molecule has 4 aromatic carbocycles. The highest BCUT2D eigenvalue weighted by molar-refractivity contribution is 6.83. The molecule has 0 amide bonds. The van der Waals surface area contributed by atoms with Crippen LogP contribution in [0.4, 0.5) is 0 Å². The van der Waals surface area contributed by atoms with E-state index in [1.54, 1.807) is 0 Å². The van der Waals surface area contributed by atoms with Gasteiger partial charge in [0.2, 0.25) is 0 Å². The minimum Gasteiger partial charge on any atom is -0.494 e. The first-order chi connectivity index (χ1) is 69.0. The Morgan fingerprint density at radius 3 is 0.450 bits per heavy atom. The largest absolute Gasteiger partial charge is 0.494 e. The summed E-state index contributed by atoms with van der Waals surface area (Å²) in [5.41, 5.74) is 9.27. The average Bonchev–Trinajstić information content (AvgIpc) is 0.825. The molecule has 8 nitrogen and oxygen atoms in total. The smallest absolute Gasteiger partial charge is 0.136 e. The molecule has 0 fully saturated rings. The fraction of sp³-hybridized carbons (Fsp3) is 0.756. The molecule has 0 spiro atoms. The Morgan fingerprint density at radius 2 is 0.286 bits per heavy atom. The lowest BCUT2D eigenvalue weighted by molar-refractivity contribution is 0.294. The predicted molar refractivity (Wildman–Crippen MR) is 613 cm³/mol. The Balaban J connectivity index is 2.05. The summed E-state index contributed by atoms with van der Waals surface area (Å²) in [7, 11) is -1.79. The van der Waals surface area contributed by atoms with Gasteiger partial charge in [-0.05, 0) is 69.6 Å². The molecule has 0 heterocycles. The lowest BCUT2D eigenvalue weighted by Crippen LogP contribution is -2.16. The maximum atomic E-state index is 7.18. The van der Waals surface area contributed by atoms with Gasteiger partial charge in [-0.15, -0.1) is 5.54 Å². The summed E-state index contributed by atoms with van der Waals surface area (Å²) < 4.78 is 55.9. The maximum Gasteiger partial charge on any atom is 0.136 e. The second kappa shape index (κ2) is 92.6. The molecule has 0 atom stereocenters. The number of ether oxygens (including phenoxy) is 8. The first kappa shape index (κ1) is 126. The number of unbranched alkanes of at least 4 members (excludes halogenated alkanes) is 72. The van der Waals surface area contributed by atoms with Crippen molar-refractivity contribution < 1.29 is 37.9 Å². The lowest BCUT2D eigenvalue weighted by atomic mass is 10.0. The first-order valence-corrected chi connectivity index (χ1v) is 64.3. The second-order valence-corrected chi connectivity index (χ2v) is 47.4. The van der Waals surface area contributed by atoms with Gasteiger partial charge in [-0.2, -0.15) is 0 Å². The van der Waals surface area contributed by atoms with E-state index in [9.17, 15) is 0 Å². The van der Waals surface area contributed by atoms with Gasteiger partial charge in [0.25, 0.3) is 0 Å². The van der Waals surface area contributed by atoms with Crippen LogP contribution in [0.3, 0.4) is 0 Å². The molecule has 0 unspecified atom stereocenters. The van der Waals surface area contributed by atoms with Crippen LogP contribution in [-0.2, 0) is 0 Å². The summed E-state index contributed by atoms with van der Waals surface area (Å²) in [4.78, 5) is 0. The van der Waals surface area contributed by atoms with E-state index in [-0.39, 0.29) is 0 Å². The van der Waals surface area contributed by atoms with Gasteiger partial charge in [0.1, 0.15) is 54.1 Å². The van der Waals surface area contributed by atoms with E-state index < -0.39 is 8.07 Å². The molecule has 0 saturated carbocycles. The van der Waals surface area contributed by atoms with Gasteiger partial charge in [0.05, 0.1) is 91.8 Å². The van der Waals surface area contributed by atoms with E-state index in [2.05, 4.69) is 177 Å². The molecule has 0 aliphatic rings. The van der Waals surface area contributed by atoms with Crippen LogP contribution in [0, 0.1) is 47.0 Å². The van der Waals surface area contributed by atoms with E-state index in [0.717, 1.165) is 158 Å². The van der Waals surface area contributed by atoms with E-state index in [1.165, 1.54) is 417 Å². The first-order valence-electron chi connectivity index (χ1n) is 60.8. The van der Waals surface area contributed by atoms with Crippen molar-refractivity contribution in [1.82, 2.24) is 0 Å². The topological polar surface area (TPSA) is 73.8 Å². The van der Waals surface area contributed by atoms with Gasteiger partial charge in [0.15, 0.2) is 0 Å². The van der Waals surface area contributed by atoms with Gasteiger partial charge >= 0.3 is 0 Å². The van der Waals surface area contributed by atoms with Gasteiger partial charge < -0.3 is 37.9 Å². The molecule has 4 aromatic rings. The van der Waals surface area contributed by atoms with Crippen molar-refractivity contribution >= 4 is 8.07 Å². The fourth-order valence-corrected chi connectivity index (χ4v) is 19.2. The molecule has 0 aliphatic heterocycles. The zero-order valence-corrected chi connectivity index (χ0v) is 94.7. The summed E-state index contributed by atoms with van der Waals surface area (Å²) >= 11 is 0. The van der Waals surface area contributed by atoms with Gasteiger partial charge in [-0.25, -0.2) is 0 Å². The molecule has 9 heteroatoms. The van der Waals surface area contributed by atoms with Crippen LogP contribution in [0.1, 0.15) is 608 Å². The summed E-state index contributed by atoms with van der Waals surface area (Å²) in [6.45, 7) is 30.2. The number of hydrogen-bond acceptors (Lipinski definition) is 8. The molecular weight excluding hydrogens is 1730 g/mol. The van der Waals surface area contributed by atoms with Crippen LogP contribution in [0.25, 0.3) is 0 Å². The highest BCUT2D eigenvalue weighted by atomic mass is 28.3. The molecule has 0 radical (unpaired) electrons. The third-order valence-electron chi connectivity index (χ3n) is 27.8. The van der Waals surface area contributed by atoms with Crippen molar-refractivity contribution in [3.8, 4) is 93.0 Å². The monoisotopic (exact) mass is 1950 g/mol. The van der Waals surface area contributed by atoms with Crippen LogP contribution >= 0.6 is 0 Å². The van der Waals surface area contributed by atoms with E-state index in [0.29, 0.717) is 75.9 Å². The highest BCUT2D eigenvalue weighted by Crippen LogP contribution is 2.36. The average molecular weight is 1950 g/mol. The molecule has 140 heavy (non-hydrogen) atoms. The zero-order valence-electron chi connectivity index (χ0n) is 93.7. The Bertz CT molecular complexity index is 3820. The third-order valence-corrected chi connectivity index (χ3v) is 28.7. The Labute approximate surface area is 868 Å². The minimum absolute atomic E-state index is 0.561.